The molecule has 1 aromatic rings. The quantitative estimate of drug-likeness (QED) is 0.103. The number of primary amides is 1. The van der Waals surface area contributed by atoms with Gasteiger partial charge in [0, 0.05) is 45.6 Å². The van der Waals surface area contributed by atoms with Crippen molar-refractivity contribution in [3.05, 3.63) is 23.8 Å². The lowest BCUT2D eigenvalue weighted by molar-refractivity contribution is -0.184. The third-order valence-corrected chi connectivity index (χ3v) is 6.17. The maximum absolute atomic E-state index is 13.4. The van der Waals surface area contributed by atoms with Crippen LogP contribution in [0.2, 0.25) is 0 Å². The van der Waals surface area contributed by atoms with Gasteiger partial charge in [-0.2, -0.15) is 0 Å². The molecule has 0 aromatic heterocycles. The summed E-state index contributed by atoms with van der Waals surface area (Å²) >= 11 is 0. The molecule has 0 aliphatic carbocycles. The number of carbonyl (C=O) groups excluding carboxylic acids is 4. The number of benzene rings is 1. The average Bonchev–Trinajstić information content (AvgIpc) is 2.93. The van der Waals surface area contributed by atoms with E-state index in [2.05, 4.69) is 26.6 Å². The van der Waals surface area contributed by atoms with Crippen LogP contribution in [0, 0.1) is 0 Å². The van der Waals surface area contributed by atoms with E-state index in [-0.39, 0.29) is 75.4 Å². The van der Waals surface area contributed by atoms with Gasteiger partial charge in [-0.25, -0.2) is 4.79 Å². The number of methoxy groups -OCH3 is 1. The molecule has 0 saturated carbocycles. The van der Waals surface area contributed by atoms with Crippen LogP contribution in [-0.2, 0) is 30.5 Å². The van der Waals surface area contributed by atoms with E-state index in [1.165, 1.54) is 7.11 Å². The molecule has 236 valence electrons. The van der Waals surface area contributed by atoms with Crippen LogP contribution in [0.4, 0.5) is 10.5 Å². The molecule has 1 aliphatic heterocycles. The van der Waals surface area contributed by atoms with Crippen LogP contribution in [0.5, 0.6) is 5.75 Å². The highest BCUT2D eigenvalue weighted by atomic mass is 16.7. The molecule has 1 fully saturated rings. The summed E-state index contributed by atoms with van der Waals surface area (Å²) in [6.07, 6.45) is -2.01. The molecule has 15 nitrogen and oxygen atoms in total. The zero-order chi connectivity index (χ0) is 31.1. The SMILES string of the molecule is COCc1ccc(NC(=O)C(CCCNC(N)=O)NC(=O)CNC(C)C)c(OC2CC(O)CC(C(=O)NCCN)O2)c1. The Kier molecular flexibility index (Phi) is 15.0. The van der Waals surface area contributed by atoms with Crippen molar-refractivity contribution < 1.29 is 38.5 Å². The van der Waals surface area contributed by atoms with Crippen molar-refractivity contribution >= 4 is 29.4 Å². The van der Waals surface area contributed by atoms with Gasteiger partial charge in [-0.05, 0) is 30.5 Å². The van der Waals surface area contributed by atoms with Crippen LogP contribution in [0.15, 0.2) is 18.2 Å². The fourth-order valence-corrected chi connectivity index (χ4v) is 4.13. The van der Waals surface area contributed by atoms with Gasteiger partial charge in [-0.15, -0.1) is 0 Å². The molecule has 10 N–H and O–H groups in total. The highest BCUT2D eigenvalue weighted by Gasteiger charge is 2.34. The number of aliphatic hydroxyl groups is 1. The lowest BCUT2D eigenvalue weighted by atomic mass is 10.0. The van der Waals surface area contributed by atoms with E-state index in [0.29, 0.717) is 6.42 Å². The number of nitrogens with one attached hydrogen (secondary N) is 5. The third-order valence-electron chi connectivity index (χ3n) is 6.17. The van der Waals surface area contributed by atoms with Crippen molar-refractivity contribution in [1.82, 2.24) is 21.3 Å². The number of carbonyl (C=O) groups is 4. The van der Waals surface area contributed by atoms with E-state index in [1.807, 2.05) is 13.8 Å². The number of hydrogen-bond donors (Lipinski definition) is 8. The van der Waals surface area contributed by atoms with E-state index >= 15 is 0 Å². The average molecular weight is 596 g/mol. The van der Waals surface area contributed by atoms with Crippen LogP contribution in [-0.4, -0.2) is 92.7 Å². The molecule has 4 unspecified atom stereocenters. The number of aliphatic hydroxyl groups excluding tert-OH is 1. The Morgan fingerprint density at radius 1 is 1.14 bits per heavy atom. The molecule has 4 atom stereocenters. The largest absolute Gasteiger partial charge is 0.463 e. The van der Waals surface area contributed by atoms with Gasteiger partial charge < -0.3 is 57.4 Å². The van der Waals surface area contributed by atoms with E-state index in [4.69, 9.17) is 25.7 Å². The fraction of sp³-hybridized carbons (Fsp3) is 0.630. The number of urea groups is 1. The topological polar surface area (TPSA) is 228 Å². The van der Waals surface area contributed by atoms with Crippen LogP contribution in [0.3, 0.4) is 0 Å². The molecule has 15 heteroatoms. The maximum atomic E-state index is 13.4. The van der Waals surface area contributed by atoms with Gasteiger partial charge in [-0.3, -0.25) is 14.4 Å². The van der Waals surface area contributed by atoms with Crippen molar-refractivity contribution in [3.63, 3.8) is 0 Å². The summed E-state index contributed by atoms with van der Waals surface area (Å²) in [5, 5.41) is 24.0. The third kappa shape index (κ3) is 12.6. The highest BCUT2D eigenvalue weighted by Crippen LogP contribution is 2.31. The van der Waals surface area contributed by atoms with Crippen LogP contribution in [0.25, 0.3) is 0 Å². The first-order chi connectivity index (χ1) is 20.0. The standard InChI is InChI=1S/C27H45N7O8/c1-16(2)32-14-23(36)33-20(5-4-9-31-27(29)39)25(37)34-19-7-6-17(15-40-3)11-21(19)41-24-13-18(35)12-22(42-24)26(38)30-10-8-28/h6-7,11,16,18,20,22,24,32,35H,4-5,8-10,12-15,28H2,1-3H3,(H,30,38)(H,33,36)(H,34,37)(H3,29,31,39). The molecule has 1 aromatic carbocycles. The van der Waals surface area contributed by atoms with Crippen LogP contribution in [0.1, 0.15) is 45.1 Å². The minimum absolute atomic E-state index is 0.0163. The van der Waals surface area contributed by atoms with Crippen molar-refractivity contribution in [2.45, 2.75) is 76.7 Å². The number of ether oxygens (including phenoxy) is 3. The number of anilines is 1. The van der Waals surface area contributed by atoms with Crippen molar-refractivity contribution in [2.75, 3.05) is 38.6 Å². The second-order valence-electron chi connectivity index (χ2n) is 10.2. The van der Waals surface area contributed by atoms with Gasteiger partial charge in [0.05, 0.1) is 24.9 Å². The first-order valence-corrected chi connectivity index (χ1v) is 14.0. The van der Waals surface area contributed by atoms with Gasteiger partial charge in [0.1, 0.15) is 17.9 Å². The minimum atomic E-state index is -0.992. The number of amides is 5. The summed E-state index contributed by atoms with van der Waals surface area (Å²) < 4.78 is 17.1. The number of nitrogens with two attached hydrogens (primary N) is 2. The molecule has 1 heterocycles. The fourth-order valence-electron chi connectivity index (χ4n) is 4.13. The normalized spacial score (nSPS) is 19.0. The molecule has 1 saturated heterocycles. The van der Waals surface area contributed by atoms with Gasteiger partial charge in [0.25, 0.3) is 0 Å². The Morgan fingerprint density at radius 2 is 1.90 bits per heavy atom. The van der Waals surface area contributed by atoms with Crippen molar-refractivity contribution in [2.24, 2.45) is 11.5 Å². The van der Waals surface area contributed by atoms with E-state index in [1.54, 1.807) is 18.2 Å². The molecule has 0 spiro atoms. The molecular weight excluding hydrogens is 550 g/mol. The van der Waals surface area contributed by atoms with E-state index in [9.17, 15) is 24.3 Å². The second-order valence-corrected chi connectivity index (χ2v) is 10.2. The molecule has 5 amide bonds. The first-order valence-electron chi connectivity index (χ1n) is 14.0. The molecule has 1 aliphatic rings. The lowest BCUT2D eigenvalue weighted by Gasteiger charge is -2.33. The maximum Gasteiger partial charge on any atom is 0.312 e. The molecular formula is C27H45N7O8. The van der Waals surface area contributed by atoms with Crippen LogP contribution >= 0.6 is 0 Å². The predicted octanol–water partition coefficient (Wildman–Crippen LogP) is -0.977. The number of rotatable bonds is 17. The van der Waals surface area contributed by atoms with Gasteiger partial charge in [0.2, 0.25) is 24.0 Å². The Bertz CT molecular complexity index is 1040. The summed E-state index contributed by atoms with van der Waals surface area (Å²) in [7, 11) is 1.54. The van der Waals surface area contributed by atoms with Gasteiger partial charge in [0.15, 0.2) is 0 Å². The molecule has 0 bridgehead atoms. The minimum Gasteiger partial charge on any atom is -0.463 e. The second kappa shape index (κ2) is 18.1. The summed E-state index contributed by atoms with van der Waals surface area (Å²) in [5.74, 6) is -1.08. The lowest BCUT2D eigenvalue weighted by Crippen LogP contribution is -2.48. The highest BCUT2D eigenvalue weighted by molar-refractivity contribution is 5.98. The predicted molar refractivity (Wildman–Crippen MR) is 154 cm³/mol. The van der Waals surface area contributed by atoms with Crippen LogP contribution < -0.4 is 42.8 Å². The van der Waals surface area contributed by atoms with Crippen molar-refractivity contribution in [3.8, 4) is 5.75 Å². The first kappa shape index (κ1) is 34.7. The van der Waals surface area contributed by atoms with Crippen molar-refractivity contribution in [1.29, 1.82) is 0 Å². The molecule has 2 rings (SSSR count). The zero-order valence-electron chi connectivity index (χ0n) is 24.4. The Labute approximate surface area is 245 Å². The number of hydrogen-bond acceptors (Lipinski definition) is 10. The van der Waals surface area contributed by atoms with E-state index in [0.717, 1.165) is 5.56 Å². The Hall–Kier alpha value is -3.50. The summed E-state index contributed by atoms with van der Waals surface area (Å²) in [6, 6.07) is 3.47. The summed E-state index contributed by atoms with van der Waals surface area (Å²) in [4.78, 5) is 49.4. The Morgan fingerprint density at radius 3 is 2.57 bits per heavy atom. The monoisotopic (exact) mass is 595 g/mol. The van der Waals surface area contributed by atoms with E-state index < -0.39 is 42.4 Å². The summed E-state index contributed by atoms with van der Waals surface area (Å²) in [6.45, 7) is 4.81. The van der Waals surface area contributed by atoms with Gasteiger partial charge >= 0.3 is 6.03 Å². The molecule has 42 heavy (non-hydrogen) atoms. The van der Waals surface area contributed by atoms with Gasteiger partial charge in [-0.1, -0.05) is 19.9 Å². The molecule has 0 radical (unpaired) electrons. The summed E-state index contributed by atoms with van der Waals surface area (Å²) in [5.41, 5.74) is 11.6. The Balaban J connectivity index is 2.22. The smallest absolute Gasteiger partial charge is 0.312 e. The zero-order valence-corrected chi connectivity index (χ0v) is 24.4.